The van der Waals surface area contributed by atoms with Gasteiger partial charge < -0.3 is 0 Å². The SMILES string of the molecule is C=CC/C=C\C=C/[C@@H](C)/C=C\C. The van der Waals surface area contributed by atoms with Crippen LogP contribution in [0, 0.1) is 5.92 Å². The molecule has 0 unspecified atom stereocenters. The molecule has 0 aromatic heterocycles. The van der Waals surface area contributed by atoms with Crippen LogP contribution in [0.2, 0.25) is 0 Å². The zero-order valence-electron chi connectivity index (χ0n) is 8.03. The molecule has 0 fully saturated rings. The van der Waals surface area contributed by atoms with Crippen LogP contribution in [0.1, 0.15) is 20.3 Å². The monoisotopic (exact) mass is 162 g/mol. The van der Waals surface area contributed by atoms with Gasteiger partial charge in [0, 0.05) is 0 Å². The van der Waals surface area contributed by atoms with Gasteiger partial charge >= 0.3 is 0 Å². The predicted octanol–water partition coefficient (Wildman–Crippen LogP) is 3.89. The van der Waals surface area contributed by atoms with E-state index >= 15 is 0 Å². The Morgan fingerprint density at radius 1 is 1.25 bits per heavy atom. The first kappa shape index (κ1) is 11.0. The third-order valence-corrected chi connectivity index (χ3v) is 1.46. The third-order valence-electron chi connectivity index (χ3n) is 1.46. The van der Waals surface area contributed by atoms with Gasteiger partial charge in [0.05, 0.1) is 0 Å². The summed E-state index contributed by atoms with van der Waals surface area (Å²) in [7, 11) is 0. The molecule has 0 heterocycles. The van der Waals surface area contributed by atoms with E-state index in [-0.39, 0.29) is 0 Å². The predicted molar refractivity (Wildman–Crippen MR) is 57.1 cm³/mol. The Kier molecular flexibility index (Phi) is 7.36. The van der Waals surface area contributed by atoms with E-state index in [9.17, 15) is 0 Å². The molecule has 0 aromatic carbocycles. The number of rotatable bonds is 5. The van der Waals surface area contributed by atoms with Crippen molar-refractivity contribution in [2.75, 3.05) is 0 Å². The Hall–Kier alpha value is -1.04. The minimum atomic E-state index is 0.531. The zero-order chi connectivity index (χ0) is 9.23. The highest BCUT2D eigenvalue weighted by Crippen LogP contribution is 1.99. The summed E-state index contributed by atoms with van der Waals surface area (Å²) >= 11 is 0. The minimum absolute atomic E-state index is 0.531. The van der Waals surface area contributed by atoms with E-state index in [4.69, 9.17) is 0 Å². The lowest BCUT2D eigenvalue weighted by Crippen LogP contribution is -1.79. The molecule has 0 aliphatic carbocycles. The van der Waals surface area contributed by atoms with E-state index in [1.165, 1.54) is 0 Å². The molecule has 0 bridgehead atoms. The molecule has 0 aliphatic rings. The molecule has 0 nitrogen and oxygen atoms in total. The molecule has 0 rings (SSSR count). The van der Waals surface area contributed by atoms with E-state index in [1.807, 2.05) is 13.0 Å². The standard InChI is InChI=1S/C12H18/c1-4-6-7-8-9-11-12(3)10-5-2/h4-5,7-12H,1,6H2,2-3H3/b8-7-,10-5-,11-9-/t12-/m0/s1. The summed E-state index contributed by atoms with van der Waals surface area (Å²) < 4.78 is 0. The first-order valence-electron chi connectivity index (χ1n) is 4.38. The summed E-state index contributed by atoms with van der Waals surface area (Å²) in [6.45, 7) is 7.84. The highest BCUT2D eigenvalue weighted by Gasteiger charge is 1.84. The normalized spacial score (nSPS) is 14.8. The zero-order valence-corrected chi connectivity index (χ0v) is 8.03. The van der Waals surface area contributed by atoms with Crippen molar-refractivity contribution in [3.63, 3.8) is 0 Å². The van der Waals surface area contributed by atoms with Crippen LogP contribution >= 0.6 is 0 Å². The van der Waals surface area contributed by atoms with Crippen LogP contribution in [-0.4, -0.2) is 0 Å². The molecule has 0 aliphatic heterocycles. The Bertz CT molecular complexity index is 182. The maximum absolute atomic E-state index is 3.64. The van der Waals surface area contributed by atoms with Gasteiger partial charge in [-0.1, -0.05) is 49.5 Å². The summed E-state index contributed by atoms with van der Waals surface area (Å²) in [6.07, 6.45) is 15.5. The Morgan fingerprint density at radius 3 is 2.58 bits per heavy atom. The van der Waals surface area contributed by atoms with Gasteiger partial charge in [-0.25, -0.2) is 0 Å². The second-order valence-corrected chi connectivity index (χ2v) is 2.72. The van der Waals surface area contributed by atoms with Crippen molar-refractivity contribution in [2.24, 2.45) is 5.92 Å². The van der Waals surface area contributed by atoms with Crippen molar-refractivity contribution >= 4 is 0 Å². The van der Waals surface area contributed by atoms with Crippen LogP contribution in [0.4, 0.5) is 0 Å². The van der Waals surface area contributed by atoms with E-state index in [2.05, 4.69) is 50.0 Å². The van der Waals surface area contributed by atoms with E-state index in [1.54, 1.807) is 0 Å². The van der Waals surface area contributed by atoms with Gasteiger partial charge in [-0.05, 0) is 19.3 Å². The number of allylic oxidation sites excluding steroid dienone is 7. The van der Waals surface area contributed by atoms with Crippen molar-refractivity contribution in [1.29, 1.82) is 0 Å². The first-order valence-corrected chi connectivity index (χ1v) is 4.38. The fraction of sp³-hybridized carbons (Fsp3) is 0.333. The minimum Gasteiger partial charge on any atom is -0.103 e. The molecule has 66 valence electrons. The topological polar surface area (TPSA) is 0 Å². The highest BCUT2D eigenvalue weighted by atomic mass is 13.9. The Balaban J connectivity index is 3.66. The van der Waals surface area contributed by atoms with Gasteiger partial charge in [0.25, 0.3) is 0 Å². The van der Waals surface area contributed by atoms with Crippen LogP contribution in [0.3, 0.4) is 0 Å². The van der Waals surface area contributed by atoms with Crippen LogP contribution < -0.4 is 0 Å². The second kappa shape index (κ2) is 8.06. The van der Waals surface area contributed by atoms with Crippen molar-refractivity contribution in [2.45, 2.75) is 20.3 Å². The van der Waals surface area contributed by atoms with Crippen molar-refractivity contribution < 1.29 is 0 Å². The molecule has 0 saturated carbocycles. The lowest BCUT2D eigenvalue weighted by Gasteiger charge is -1.93. The molecule has 0 radical (unpaired) electrons. The largest absolute Gasteiger partial charge is 0.103 e. The molecule has 1 atom stereocenters. The summed E-state index contributed by atoms with van der Waals surface area (Å²) in [6, 6.07) is 0. The maximum Gasteiger partial charge on any atom is -0.00789 e. The van der Waals surface area contributed by atoms with Crippen molar-refractivity contribution in [1.82, 2.24) is 0 Å². The van der Waals surface area contributed by atoms with Crippen LogP contribution in [0.25, 0.3) is 0 Å². The highest BCUT2D eigenvalue weighted by molar-refractivity contribution is 5.08. The molecule has 0 spiro atoms. The smallest absolute Gasteiger partial charge is 0.00789 e. The lowest BCUT2D eigenvalue weighted by molar-refractivity contribution is 0.937. The summed E-state index contributed by atoms with van der Waals surface area (Å²) in [5.41, 5.74) is 0. The summed E-state index contributed by atoms with van der Waals surface area (Å²) in [5.74, 6) is 0.531. The average Bonchev–Trinajstić information content (AvgIpc) is 2.05. The summed E-state index contributed by atoms with van der Waals surface area (Å²) in [5, 5.41) is 0. The summed E-state index contributed by atoms with van der Waals surface area (Å²) in [4.78, 5) is 0. The van der Waals surface area contributed by atoms with E-state index in [0.29, 0.717) is 5.92 Å². The van der Waals surface area contributed by atoms with Crippen LogP contribution in [0.5, 0.6) is 0 Å². The molecular formula is C12H18. The van der Waals surface area contributed by atoms with Gasteiger partial charge in [-0.2, -0.15) is 0 Å². The average molecular weight is 162 g/mol. The van der Waals surface area contributed by atoms with Gasteiger partial charge in [0.2, 0.25) is 0 Å². The molecule has 0 saturated heterocycles. The van der Waals surface area contributed by atoms with Crippen molar-refractivity contribution in [3.8, 4) is 0 Å². The molecule has 0 amide bonds. The molecule has 12 heavy (non-hydrogen) atoms. The van der Waals surface area contributed by atoms with E-state index < -0.39 is 0 Å². The lowest BCUT2D eigenvalue weighted by atomic mass is 10.1. The van der Waals surface area contributed by atoms with E-state index in [0.717, 1.165) is 6.42 Å². The van der Waals surface area contributed by atoms with Gasteiger partial charge in [-0.3, -0.25) is 0 Å². The van der Waals surface area contributed by atoms with Gasteiger partial charge in [-0.15, -0.1) is 6.58 Å². The van der Waals surface area contributed by atoms with Gasteiger partial charge in [0.1, 0.15) is 0 Å². The maximum atomic E-state index is 3.64. The third kappa shape index (κ3) is 7.07. The van der Waals surface area contributed by atoms with Gasteiger partial charge in [0.15, 0.2) is 0 Å². The Morgan fingerprint density at radius 2 is 2.00 bits per heavy atom. The van der Waals surface area contributed by atoms with Crippen LogP contribution in [0.15, 0.2) is 49.1 Å². The molecular weight excluding hydrogens is 144 g/mol. The quantitative estimate of drug-likeness (QED) is 0.425. The first-order chi connectivity index (χ1) is 5.81. The van der Waals surface area contributed by atoms with Crippen LogP contribution in [-0.2, 0) is 0 Å². The second-order valence-electron chi connectivity index (χ2n) is 2.72. The Labute approximate surface area is 76.0 Å². The number of hydrogen-bond donors (Lipinski definition) is 0. The fourth-order valence-electron chi connectivity index (χ4n) is 0.860. The fourth-order valence-corrected chi connectivity index (χ4v) is 0.860. The molecule has 0 aromatic rings. The molecule has 0 heteroatoms. The van der Waals surface area contributed by atoms with Crippen molar-refractivity contribution in [3.05, 3.63) is 49.1 Å². The molecule has 0 N–H and O–H groups in total. The number of hydrogen-bond acceptors (Lipinski definition) is 0.